The Morgan fingerprint density at radius 2 is 1.26 bits per heavy atom. The normalized spacial score (nSPS) is 11.7. The number of carbonyl (C=O) groups excluding carboxylic acids is 2. The van der Waals surface area contributed by atoms with E-state index in [2.05, 4.69) is 10.6 Å². The molecule has 0 spiro atoms. The van der Waals surface area contributed by atoms with Gasteiger partial charge in [0.2, 0.25) is 6.79 Å². The van der Waals surface area contributed by atoms with E-state index >= 15 is 0 Å². The van der Waals surface area contributed by atoms with Crippen molar-refractivity contribution in [3.63, 3.8) is 0 Å². The van der Waals surface area contributed by atoms with E-state index in [1.807, 2.05) is 6.07 Å². The molecular formula is C21H16N2O4. The van der Waals surface area contributed by atoms with Gasteiger partial charge in [0.25, 0.3) is 11.8 Å². The van der Waals surface area contributed by atoms with Gasteiger partial charge in [0.15, 0.2) is 11.5 Å². The summed E-state index contributed by atoms with van der Waals surface area (Å²) in [5.74, 6) is 0.807. The zero-order valence-electron chi connectivity index (χ0n) is 14.3. The van der Waals surface area contributed by atoms with Crippen LogP contribution in [0.3, 0.4) is 0 Å². The van der Waals surface area contributed by atoms with Crippen LogP contribution in [0.25, 0.3) is 0 Å². The Balaban J connectivity index is 1.41. The van der Waals surface area contributed by atoms with Crippen LogP contribution in [0.4, 0.5) is 11.4 Å². The number of hydrogen-bond acceptors (Lipinski definition) is 4. The number of fused-ring (bicyclic) bond motifs is 1. The standard InChI is InChI=1S/C21H16N2O4/c24-20(14-4-2-1-3-5-14)22-16-8-6-15(7-9-16)21(25)23-17-10-11-18-19(12-17)27-13-26-18/h1-12H,13H2,(H,22,24)(H,23,25). The monoisotopic (exact) mass is 360 g/mol. The molecule has 0 saturated heterocycles. The third kappa shape index (κ3) is 3.74. The lowest BCUT2D eigenvalue weighted by Gasteiger charge is -2.08. The van der Waals surface area contributed by atoms with E-state index in [1.165, 1.54) is 0 Å². The average Bonchev–Trinajstić information content (AvgIpc) is 3.17. The lowest BCUT2D eigenvalue weighted by atomic mass is 10.1. The zero-order valence-corrected chi connectivity index (χ0v) is 14.3. The molecule has 0 atom stereocenters. The van der Waals surface area contributed by atoms with Crippen LogP contribution in [0, 0.1) is 0 Å². The number of anilines is 2. The van der Waals surface area contributed by atoms with Crippen LogP contribution in [0.2, 0.25) is 0 Å². The van der Waals surface area contributed by atoms with Crippen molar-refractivity contribution < 1.29 is 19.1 Å². The first-order chi connectivity index (χ1) is 13.2. The third-order valence-electron chi connectivity index (χ3n) is 4.07. The van der Waals surface area contributed by atoms with Gasteiger partial charge < -0.3 is 20.1 Å². The topological polar surface area (TPSA) is 76.7 Å². The highest BCUT2D eigenvalue weighted by atomic mass is 16.7. The minimum Gasteiger partial charge on any atom is -0.454 e. The molecule has 0 aromatic heterocycles. The molecule has 0 saturated carbocycles. The lowest BCUT2D eigenvalue weighted by molar-refractivity contribution is 0.102. The van der Waals surface area contributed by atoms with Gasteiger partial charge in [-0.25, -0.2) is 0 Å². The fourth-order valence-corrected chi connectivity index (χ4v) is 2.68. The Labute approximate surface area is 155 Å². The molecule has 1 aliphatic rings. The quantitative estimate of drug-likeness (QED) is 0.739. The molecule has 134 valence electrons. The maximum absolute atomic E-state index is 12.4. The van der Waals surface area contributed by atoms with E-state index < -0.39 is 0 Å². The van der Waals surface area contributed by atoms with Crippen molar-refractivity contribution in [3.05, 3.63) is 83.9 Å². The summed E-state index contributed by atoms with van der Waals surface area (Å²) in [7, 11) is 0. The summed E-state index contributed by atoms with van der Waals surface area (Å²) in [4.78, 5) is 24.6. The van der Waals surface area contributed by atoms with Crippen molar-refractivity contribution in [3.8, 4) is 11.5 Å². The Morgan fingerprint density at radius 3 is 2.00 bits per heavy atom. The molecule has 6 nitrogen and oxygen atoms in total. The van der Waals surface area contributed by atoms with E-state index in [0.29, 0.717) is 34.0 Å². The first-order valence-corrected chi connectivity index (χ1v) is 8.36. The van der Waals surface area contributed by atoms with Gasteiger partial charge in [-0.3, -0.25) is 9.59 Å². The van der Waals surface area contributed by atoms with Gasteiger partial charge >= 0.3 is 0 Å². The molecule has 3 aromatic rings. The van der Waals surface area contributed by atoms with Crippen LogP contribution in [-0.4, -0.2) is 18.6 Å². The maximum atomic E-state index is 12.4. The molecule has 2 amide bonds. The van der Waals surface area contributed by atoms with Crippen molar-refractivity contribution in [1.29, 1.82) is 0 Å². The van der Waals surface area contributed by atoms with E-state index in [4.69, 9.17) is 9.47 Å². The van der Waals surface area contributed by atoms with Crippen LogP contribution in [-0.2, 0) is 0 Å². The van der Waals surface area contributed by atoms with Gasteiger partial charge in [0, 0.05) is 28.6 Å². The Morgan fingerprint density at radius 1 is 0.667 bits per heavy atom. The van der Waals surface area contributed by atoms with Crippen LogP contribution in [0.15, 0.2) is 72.8 Å². The van der Waals surface area contributed by atoms with Gasteiger partial charge in [-0.1, -0.05) is 18.2 Å². The highest BCUT2D eigenvalue weighted by Crippen LogP contribution is 2.34. The lowest BCUT2D eigenvalue weighted by Crippen LogP contribution is -2.13. The van der Waals surface area contributed by atoms with Gasteiger partial charge in [0.05, 0.1) is 0 Å². The predicted molar refractivity (Wildman–Crippen MR) is 101 cm³/mol. The summed E-state index contributed by atoms with van der Waals surface area (Å²) in [6, 6.07) is 20.8. The first-order valence-electron chi connectivity index (χ1n) is 8.36. The van der Waals surface area contributed by atoms with Gasteiger partial charge in [0.1, 0.15) is 0 Å². The second-order valence-corrected chi connectivity index (χ2v) is 5.92. The number of ether oxygens (including phenoxy) is 2. The SMILES string of the molecule is O=C(Nc1ccc(C(=O)Nc2ccc3c(c2)OCO3)cc1)c1ccccc1. The molecule has 1 aliphatic heterocycles. The number of nitrogens with one attached hydrogen (secondary N) is 2. The van der Waals surface area contributed by atoms with Crippen LogP contribution in [0.5, 0.6) is 11.5 Å². The summed E-state index contributed by atoms with van der Waals surface area (Å²) in [6.45, 7) is 0.183. The molecule has 0 unspecified atom stereocenters. The highest BCUT2D eigenvalue weighted by Gasteiger charge is 2.15. The van der Waals surface area contributed by atoms with Gasteiger partial charge in [-0.2, -0.15) is 0 Å². The van der Waals surface area contributed by atoms with E-state index in [1.54, 1.807) is 66.7 Å². The number of benzene rings is 3. The molecule has 4 rings (SSSR count). The van der Waals surface area contributed by atoms with E-state index in [0.717, 1.165) is 0 Å². The third-order valence-corrected chi connectivity index (χ3v) is 4.07. The Hall–Kier alpha value is -3.80. The molecule has 6 heteroatoms. The van der Waals surface area contributed by atoms with Gasteiger partial charge in [-0.15, -0.1) is 0 Å². The number of carbonyl (C=O) groups is 2. The largest absolute Gasteiger partial charge is 0.454 e. The van der Waals surface area contributed by atoms with Crippen molar-refractivity contribution in [1.82, 2.24) is 0 Å². The molecule has 1 heterocycles. The Kier molecular flexibility index (Phi) is 4.45. The molecule has 27 heavy (non-hydrogen) atoms. The zero-order chi connectivity index (χ0) is 18.6. The molecule has 0 bridgehead atoms. The number of rotatable bonds is 4. The molecule has 0 aliphatic carbocycles. The fraction of sp³-hybridized carbons (Fsp3) is 0.0476. The predicted octanol–water partition coefficient (Wildman–Crippen LogP) is 3.92. The van der Waals surface area contributed by atoms with E-state index in [-0.39, 0.29) is 18.6 Å². The fourth-order valence-electron chi connectivity index (χ4n) is 2.68. The maximum Gasteiger partial charge on any atom is 0.255 e. The van der Waals surface area contributed by atoms with E-state index in [9.17, 15) is 9.59 Å². The number of hydrogen-bond donors (Lipinski definition) is 2. The Bertz CT molecular complexity index is 985. The second-order valence-electron chi connectivity index (χ2n) is 5.92. The smallest absolute Gasteiger partial charge is 0.255 e. The minimum atomic E-state index is -0.255. The van der Waals surface area contributed by atoms with Crippen molar-refractivity contribution >= 4 is 23.2 Å². The number of amides is 2. The van der Waals surface area contributed by atoms with Crippen molar-refractivity contribution in [2.45, 2.75) is 0 Å². The summed E-state index contributed by atoms with van der Waals surface area (Å²) in [5, 5.41) is 5.61. The first kappa shape index (κ1) is 16.7. The minimum absolute atomic E-state index is 0.183. The molecule has 0 radical (unpaired) electrons. The van der Waals surface area contributed by atoms with Crippen LogP contribution < -0.4 is 20.1 Å². The molecule has 3 aromatic carbocycles. The van der Waals surface area contributed by atoms with Crippen molar-refractivity contribution in [2.24, 2.45) is 0 Å². The summed E-state index contributed by atoms with van der Waals surface area (Å²) in [6.07, 6.45) is 0. The summed E-state index contributed by atoms with van der Waals surface area (Å²) < 4.78 is 10.6. The summed E-state index contributed by atoms with van der Waals surface area (Å²) >= 11 is 0. The van der Waals surface area contributed by atoms with Gasteiger partial charge in [-0.05, 0) is 48.5 Å². The van der Waals surface area contributed by atoms with Crippen LogP contribution in [0.1, 0.15) is 20.7 Å². The average molecular weight is 360 g/mol. The second kappa shape index (κ2) is 7.21. The molecule has 0 fully saturated rings. The van der Waals surface area contributed by atoms with Crippen LogP contribution >= 0.6 is 0 Å². The molecule has 2 N–H and O–H groups in total. The highest BCUT2D eigenvalue weighted by molar-refractivity contribution is 6.06. The summed E-state index contributed by atoms with van der Waals surface area (Å²) in [5.41, 5.74) is 2.28. The van der Waals surface area contributed by atoms with Crippen molar-refractivity contribution in [2.75, 3.05) is 17.4 Å². The molecular weight excluding hydrogens is 344 g/mol.